The summed E-state index contributed by atoms with van der Waals surface area (Å²) in [4.78, 5) is 21.3. The lowest BCUT2D eigenvalue weighted by molar-refractivity contribution is -0.138. The topological polar surface area (TPSA) is 83.7 Å². The first-order valence-corrected chi connectivity index (χ1v) is 9.12. The minimum atomic E-state index is -0.233. The molecule has 3 atom stereocenters. The van der Waals surface area contributed by atoms with E-state index in [1.807, 2.05) is 25.7 Å². The molecule has 0 spiro atoms. The molecule has 0 aromatic carbocycles. The lowest BCUT2D eigenvalue weighted by atomic mass is 10.1. The van der Waals surface area contributed by atoms with E-state index in [1.165, 1.54) is 0 Å². The summed E-state index contributed by atoms with van der Waals surface area (Å²) in [6, 6.07) is 0.0772. The van der Waals surface area contributed by atoms with Crippen LogP contribution in [0.2, 0.25) is 0 Å². The van der Waals surface area contributed by atoms with Gasteiger partial charge in [0, 0.05) is 31.6 Å². The van der Waals surface area contributed by atoms with Crippen LogP contribution in [0.15, 0.2) is 4.52 Å². The lowest BCUT2D eigenvalue weighted by Gasteiger charge is -2.32. The number of likely N-dealkylation sites (N-methyl/N-ethyl adjacent to an activating group) is 1. The minimum Gasteiger partial charge on any atom is -0.375 e. The van der Waals surface area contributed by atoms with Crippen molar-refractivity contribution in [2.75, 3.05) is 33.3 Å². The second-order valence-electron chi connectivity index (χ2n) is 7.35. The molecule has 1 aromatic heterocycles. The maximum Gasteiger partial charge on any atom is 0.242 e. The molecule has 1 unspecified atom stereocenters. The van der Waals surface area contributed by atoms with Crippen molar-refractivity contribution >= 4 is 5.91 Å². The van der Waals surface area contributed by atoms with Crippen LogP contribution in [0, 0.1) is 0 Å². The number of hydrogen-bond acceptors (Lipinski definition) is 7. The van der Waals surface area contributed by atoms with Crippen molar-refractivity contribution in [3.63, 3.8) is 0 Å². The molecule has 0 aliphatic carbocycles. The van der Waals surface area contributed by atoms with Gasteiger partial charge < -0.3 is 19.5 Å². The van der Waals surface area contributed by atoms with Crippen molar-refractivity contribution in [2.24, 2.45) is 0 Å². The van der Waals surface area contributed by atoms with Gasteiger partial charge in [0.1, 0.15) is 6.04 Å². The predicted octanol–water partition coefficient (Wildman–Crippen LogP) is 0.603. The van der Waals surface area contributed by atoms with Gasteiger partial charge >= 0.3 is 0 Å². The van der Waals surface area contributed by atoms with E-state index in [0.717, 1.165) is 26.1 Å². The summed E-state index contributed by atoms with van der Waals surface area (Å²) >= 11 is 0. The Morgan fingerprint density at radius 2 is 2.28 bits per heavy atom. The van der Waals surface area contributed by atoms with Gasteiger partial charge in [-0.15, -0.1) is 0 Å². The molecule has 3 heterocycles. The van der Waals surface area contributed by atoms with Crippen LogP contribution in [-0.2, 0) is 16.1 Å². The monoisotopic (exact) mass is 351 g/mol. The molecule has 2 aliphatic heterocycles. The molecule has 0 bridgehead atoms. The van der Waals surface area contributed by atoms with E-state index in [0.29, 0.717) is 30.9 Å². The van der Waals surface area contributed by atoms with Crippen LogP contribution in [0.4, 0.5) is 0 Å². The summed E-state index contributed by atoms with van der Waals surface area (Å²) in [7, 11) is 2.05. The highest BCUT2D eigenvalue weighted by atomic mass is 16.5. The number of carbonyl (C=O) groups is 1. The van der Waals surface area contributed by atoms with E-state index in [-0.39, 0.29) is 24.0 Å². The Bertz CT molecular complexity index is 591. The summed E-state index contributed by atoms with van der Waals surface area (Å²) in [5.74, 6) is 1.75. The zero-order valence-electron chi connectivity index (χ0n) is 15.6. The number of hydrogen-bond donors (Lipinski definition) is 1. The number of nitrogens with zero attached hydrogens (tertiary/aromatic N) is 4. The first-order chi connectivity index (χ1) is 12.0. The summed E-state index contributed by atoms with van der Waals surface area (Å²) < 4.78 is 10.9. The largest absolute Gasteiger partial charge is 0.375 e. The van der Waals surface area contributed by atoms with E-state index in [9.17, 15) is 4.79 Å². The molecular weight excluding hydrogens is 322 g/mol. The summed E-state index contributed by atoms with van der Waals surface area (Å²) in [6.45, 7) is 9.56. The van der Waals surface area contributed by atoms with Crippen LogP contribution in [0.25, 0.3) is 0 Å². The summed E-state index contributed by atoms with van der Waals surface area (Å²) in [5.41, 5.74) is 0. The Kier molecular flexibility index (Phi) is 5.71. The molecule has 2 fully saturated rings. The Balaban J connectivity index is 1.53. The van der Waals surface area contributed by atoms with Gasteiger partial charge in [-0.1, -0.05) is 19.0 Å². The van der Waals surface area contributed by atoms with Crippen molar-refractivity contribution < 1.29 is 14.1 Å². The van der Waals surface area contributed by atoms with Gasteiger partial charge in [-0.25, -0.2) is 0 Å². The van der Waals surface area contributed by atoms with Gasteiger partial charge in [-0.05, 0) is 20.4 Å². The highest BCUT2D eigenvalue weighted by Gasteiger charge is 2.36. The van der Waals surface area contributed by atoms with Crippen molar-refractivity contribution in [3.05, 3.63) is 11.7 Å². The fourth-order valence-corrected chi connectivity index (χ4v) is 3.43. The van der Waals surface area contributed by atoms with Crippen molar-refractivity contribution in [3.8, 4) is 0 Å². The highest BCUT2D eigenvalue weighted by molar-refractivity contribution is 5.83. The van der Waals surface area contributed by atoms with Gasteiger partial charge in [0.15, 0.2) is 5.82 Å². The Hall–Kier alpha value is -1.51. The number of amides is 1. The number of ether oxygens (including phenoxy) is 1. The first kappa shape index (κ1) is 18.3. The van der Waals surface area contributed by atoms with E-state index in [2.05, 4.69) is 27.4 Å². The average molecular weight is 351 g/mol. The number of likely N-dealkylation sites (tertiary alicyclic amines) is 1. The number of morpholine rings is 1. The summed E-state index contributed by atoms with van der Waals surface area (Å²) in [5, 5.41) is 7.33. The molecule has 8 nitrogen and oxygen atoms in total. The number of carbonyl (C=O) groups excluding carboxylic acids is 1. The molecule has 1 aromatic rings. The molecule has 25 heavy (non-hydrogen) atoms. The second kappa shape index (κ2) is 7.80. The zero-order valence-corrected chi connectivity index (χ0v) is 15.6. The lowest BCUT2D eigenvalue weighted by Crippen LogP contribution is -2.56. The maximum atomic E-state index is 12.7. The third-order valence-electron chi connectivity index (χ3n) is 5.05. The van der Waals surface area contributed by atoms with Crippen molar-refractivity contribution in [1.82, 2.24) is 25.3 Å². The standard InChI is InChI=1S/C17H29N5O3/c1-11(2)16-19-14(20-25-16)10-21(4)13-5-7-22(9-13)17(23)15-12(3)24-8-6-18-15/h11-13,15,18H,5-10H2,1-4H3/t12-,13?,15+/m1/s1. The van der Waals surface area contributed by atoms with Gasteiger partial charge in [-0.2, -0.15) is 4.98 Å². The molecule has 0 radical (unpaired) electrons. The molecule has 2 aliphatic rings. The molecule has 1 N–H and O–H groups in total. The van der Waals surface area contributed by atoms with Crippen LogP contribution in [-0.4, -0.2) is 77.3 Å². The molecule has 1 amide bonds. The van der Waals surface area contributed by atoms with Crippen LogP contribution in [0.1, 0.15) is 44.8 Å². The van der Waals surface area contributed by atoms with E-state index in [4.69, 9.17) is 9.26 Å². The first-order valence-electron chi connectivity index (χ1n) is 9.12. The van der Waals surface area contributed by atoms with Gasteiger partial charge in [-0.3, -0.25) is 9.69 Å². The predicted molar refractivity (Wildman–Crippen MR) is 92.0 cm³/mol. The molecule has 0 saturated carbocycles. The smallest absolute Gasteiger partial charge is 0.242 e. The zero-order chi connectivity index (χ0) is 18.0. The number of aromatic nitrogens is 2. The Morgan fingerprint density at radius 3 is 2.96 bits per heavy atom. The van der Waals surface area contributed by atoms with Crippen LogP contribution >= 0.6 is 0 Å². The fourth-order valence-electron chi connectivity index (χ4n) is 3.43. The van der Waals surface area contributed by atoms with Crippen LogP contribution in [0.5, 0.6) is 0 Å². The Labute approximate surface area is 148 Å². The highest BCUT2D eigenvalue weighted by Crippen LogP contribution is 2.19. The molecule has 3 rings (SSSR count). The van der Waals surface area contributed by atoms with Crippen LogP contribution in [0.3, 0.4) is 0 Å². The molecule has 2 saturated heterocycles. The fraction of sp³-hybridized carbons (Fsp3) is 0.824. The van der Waals surface area contributed by atoms with E-state index < -0.39 is 0 Å². The molecule has 140 valence electrons. The average Bonchev–Trinajstić information content (AvgIpc) is 3.24. The van der Waals surface area contributed by atoms with Crippen molar-refractivity contribution in [1.29, 1.82) is 0 Å². The third kappa shape index (κ3) is 4.19. The molecular formula is C17H29N5O3. The maximum absolute atomic E-state index is 12.7. The quantitative estimate of drug-likeness (QED) is 0.832. The van der Waals surface area contributed by atoms with E-state index in [1.54, 1.807) is 0 Å². The van der Waals surface area contributed by atoms with Crippen molar-refractivity contribution in [2.45, 2.75) is 57.8 Å². The molecule has 8 heteroatoms. The SMILES string of the molecule is CC(C)c1nc(CN(C)C2CCN(C(=O)[C@H]3NCCO[C@@H]3C)C2)no1. The van der Waals surface area contributed by atoms with Gasteiger partial charge in [0.2, 0.25) is 11.8 Å². The van der Waals surface area contributed by atoms with E-state index >= 15 is 0 Å². The second-order valence-corrected chi connectivity index (χ2v) is 7.35. The Morgan fingerprint density at radius 1 is 1.48 bits per heavy atom. The third-order valence-corrected chi connectivity index (χ3v) is 5.05. The normalized spacial score (nSPS) is 27.4. The number of rotatable bonds is 5. The van der Waals surface area contributed by atoms with Gasteiger partial charge in [0.25, 0.3) is 0 Å². The van der Waals surface area contributed by atoms with Crippen LogP contribution < -0.4 is 5.32 Å². The van der Waals surface area contributed by atoms with Gasteiger partial charge in [0.05, 0.1) is 19.3 Å². The number of nitrogens with one attached hydrogen (secondary N) is 1. The summed E-state index contributed by atoms with van der Waals surface area (Å²) in [6.07, 6.45) is 0.880. The minimum absolute atomic E-state index is 0.0770.